The lowest BCUT2D eigenvalue weighted by Crippen LogP contribution is -2.48. The molecule has 1 N–H and O–H groups in total. The predicted molar refractivity (Wildman–Crippen MR) is 151 cm³/mol. The first-order chi connectivity index (χ1) is 19.6. The van der Waals surface area contributed by atoms with Crippen LogP contribution in [0, 0.1) is 12.7 Å². The number of ether oxygens (including phenoxy) is 2. The van der Waals surface area contributed by atoms with E-state index in [4.69, 9.17) is 9.47 Å². The summed E-state index contributed by atoms with van der Waals surface area (Å²) >= 11 is 0. The van der Waals surface area contributed by atoms with Gasteiger partial charge in [-0.3, -0.25) is 9.59 Å². The third kappa shape index (κ3) is 8.12. The van der Waals surface area contributed by atoms with E-state index in [0.29, 0.717) is 31.1 Å². The molecule has 0 spiro atoms. The average molecular weight is 584 g/mol. The molecule has 1 aliphatic heterocycles. The van der Waals surface area contributed by atoms with Gasteiger partial charge < -0.3 is 19.7 Å². The molecule has 11 heteroatoms. The summed E-state index contributed by atoms with van der Waals surface area (Å²) in [7, 11) is -3.66. The van der Waals surface area contributed by atoms with Gasteiger partial charge in [0.25, 0.3) is 5.91 Å². The van der Waals surface area contributed by atoms with Gasteiger partial charge in [0.1, 0.15) is 17.6 Å². The SMILES string of the molecule is Cc1ccc(CNC(=O)C(C)N(Cc2ccc(F)cc2)C(=O)COc2ccc(S(=O)(=O)N3CCOCC3)cc2)cc1. The van der Waals surface area contributed by atoms with Gasteiger partial charge in [0.05, 0.1) is 18.1 Å². The lowest BCUT2D eigenvalue weighted by atomic mass is 10.1. The number of hydrogen-bond acceptors (Lipinski definition) is 6. The maximum atomic E-state index is 13.5. The molecule has 218 valence electrons. The summed E-state index contributed by atoms with van der Waals surface area (Å²) in [6.45, 7) is 4.86. The highest BCUT2D eigenvalue weighted by Crippen LogP contribution is 2.21. The zero-order valence-corrected chi connectivity index (χ0v) is 23.9. The fourth-order valence-corrected chi connectivity index (χ4v) is 5.69. The molecule has 0 aliphatic carbocycles. The lowest BCUT2D eigenvalue weighted by molar-refractivity contribution is -0.142. The predicted octanol–water partition coefficient (Wildman–Crippen LogP) is 3.27. The van der Waals surface area contributed by atoms with E-state index in [9.17, 15) is 22.4 Å². The molecule has 0 radical (unpaired) electrons. The highest BCUT2D eigenvalue weighted by molar-refractivity contribution is 7.89. The second kappa shape index (κ2) is 13.7. The molecule has 3 aromatic carbocycles. The van der Waals surface area contributed by atoms with Crippen LogP contribution in [-0.2, 0) is 37.4 Å². The van der Waals surface area contributed by atoms with Crippen molar-refractivity contribution in [2.24, 2.45) is 0 Å². The molecule has 4 rings (SSSR count). The molecule has 1 unspecified atom stereocenters. The molecule has 9 nitrogen and oxygen atoms in total. The van der Waals surface area contributed by atoms with Crippen LogP contribution in [0.5, 0.6) is 5.75 Å². The molecule has 1 heterocycles. The number of halogens is 1. The summed E-state index contributed by atoms with van der Waals surface area (Å²) in [6, 6.07) is 18.5. The standard InChI is InChI=1S/C30H34FN3O6S/c1-22-3-5-24(6-4-22)19-32-30(36)23(2)34(20-25-7-9-26(31)10-8-25)29(35)21-40-27-11-13-28(14-12-27)41(37,38)33-15-17-39-18-16-33/h3-14,23H,15-21H2,1-2H3,(H,32,36). The van der Waals surface area contributed by atoms with Crippen molar-refractivity contribution in [3.05, 3.63) is 95.3 Å². The van der Waals surface area contributed by atoms with Crippen molar-refractivity contribution >= 4 is 21.8 Å². The quantitative estimate of drug-likeness (QED) is 0.372. The second-order valence-corrected chi connectivity index (χ2v) is 11.7. The van der Waals surface area contributed by atoms with Gasteiger partial charge in [-0.2, -0.15) is 4.31 Å². The van der Waals surface area contributed by atoms with Gasteiger partial charge in [-0.1, -0.05) is 42.0 Å². The van der Waals surface area contributed by atoms with E-state index in [0.717, 1.165) is 11.1 Å². The molecule has 3 aromatic rings. The third-order valence-corrected chi connectivity index (χ3v) is 8.73. The topological polar surface area (TPSA) is 105 Å². The van der Waals surface area contributed by atoms with Crippen LogP contribution in [0.1, 0.15) is 23.6 Å². The van der Waals surface area contributed by atoms with Crippen molar-refractivity contribution in [3.8, 4) is 5.75 Å². The molecular weight excluding hydrogens is 549 g/mol. The van der Waals surface area contributed by atoms with Gasteiger partial charge >= 0.3 is 0 Å². The molecule has 0 bridgehead atoms. The molecule has 2 amide bonds. The maximum Gasteiger partial charge on any atom is 0.261 e. The van der Waals surface area contributed by atoms with Crippen LogP contribution in [0.2, 0.25) is 0 Å². The van der Waals surface area contributed by atoms with Crippen molar-refractivity contribution < 1.29 is 31.9 Å². The Bertz CT molecular complexity index is 1420. The molecule has 1 saturated heterocycles. The van der Waals surface area contributed by atoms with Gasteiger partial charge in [0, 0.05) is 26.2 Å². The zero-order chi connectivity index (χ0) is 29.4. The molecule has 0 aromatic heterocycles. The lowest BCUT2D eigenvalue weighted by Gasteiger charge is -2.29. The van der Waals surface area contributed by atoms with Gasteiger partial charge in [-0.25, -0.2) is 12.8 Å². The summed E-state index contributed by atoms with van der Waals surface area (Å²) in [6.07, 6.45) is 0. The normalized spacial score (nSPS) is 14.7. The van der Waals surface area contributed by atoms with Crippen molar-refractivity contribution in [3.63, 3.8) is 0 Å². The minimum absolute atomic E-state index is 0.0678. The smallest absolute Gasteiger partial charge is 0.261 e. The minimum atomic E-state index is -3.66. The van der Waals surface area contributed by atoms with E-state index in [1.807, 2.05) is 31.2 Å². The van der Waals surface area contributed by atoms with Crippen LogP contribution in [0.4, 0.5) is 4.39 Å². The maximum absolute atomic E-state index is 13.5. The van der Waals surface area contributed by atoms with Gasteiger partial charge in [-0.05, 0) is 61.4 Å². The van der Waals surface area contributed by atoms with E-state index in [1.54, 1.807) is 19.1 Å². The van der Waals surface area contributed by atoms with Crippen LogP contribution < -0.4 is 10.1 Å². The number of benzene rings is 3. The van der Waals surface area contributed by atoms with Gasteiger partial charge in [-0.15, -0.1) is 0 Å². The average Bonchev–Trinajstić information content (AvgIpc) is 2.99. The number of morpholine rings is 1. The van der Waals surface area contributed by atoms with Crippen LogP contribution in [0.3, 0.4) is 0 Å². The number of rotatable bonds is 11. The van der Waals surface area contributed by atoms with Crippen molar-refractivity contribution in [1.29, 1.82) is 0 Å². The van der Waals surface area contributed by atoms with E-state index < -0.39 is 27.8 Å². The van der Waals surface area contributed by atoms with Crippen LogP contribution >= 0.6 is 0 Å². The Labute approximate surface area is 239 Å². The number of carbonyl (C=O) groups is 2. The molecule has 1 fully saturated rings. The molecule has 1 atom stereocenters. The summed E-state index contributed by atoms with van der Waals surface area (Å²) in [5, 5.41) is 2.87. The van der Waals surface area contributed by atoms with E-state index in [1.165, 1.54) is 45.6 Å². The Morgan fingerprint density at radius 3 is 2.22 bits per heavy atom. The summed E-state index contributed by atoms with van der Waals surface area (Å²) in [4.78, 5) is 27.8. The summed E-state index contributed by atoms with van der Waals surface area (Å²) in [5.41, 5.74) is 2.68. The molecule has 1 aliphatic rings. The fraction of sp³-hybridized carbons (Fsp3) is 0.333. The molecule has 41 heavy (non-hydrogen) atoms. The first-order valence-electron chi connectivity index (χ1n) is 13.3. The van der Waals surface area contributed by atoms with Crippen molar-refractivity contribution in [2.75, 3.05) is 32.9 Å². The summed E-state index contributed by atoms with van der Waals surface area (Å²) < 4.78 is 51.4. The van der Waals surface area contributed by atoms with Crippen LogP contribution in [-0.4, -0.2) is 68.4 Å². The van der Waals surface area contributed by atoms with E-state index >= 15 is 0 Å². The summed E-state index contributed by atoms with van der Waals surface area (Å²) in [5.74, 6) is -0.911. The fourth-order valence-electron chi connectivity index (χ4n) is 4.28. The highest BCUT2D eigenvalue weighted by Gasteiger charge is 2.28. The number of aryl methyl sites for hydroxylation is 1. The number of nitrogens with one attached hydrogen (secondary N) is 1. The van der Waals surface area contributed by atoms with Gasteiger partial charge in [0.15, 0.2) is 6.61 Å². The number of hydrogen-bond donors (Lipinski definition) is 1. The highest BCUT2D eigenvalue weighted by atomic mass is 32.2. The van der Waals surface area contributed by atoms with Crippen molar-refractivity contribution in [1.82, 2.24) is 14.5 Å². The molecule has 0 saturated carbocycles. The Morgan fingerprint density at radius 1 is 0.976 bits per heavy atom. The Kier molecular flexibility index (Phi) is 10.1. The zero-order valence-electron chi connectivity index (χ0n) is 23.1. The number of amides is 2. The largest absolute Gasteiger partial charge is 0.484 e. The van der Waals surface area contributed by atoms with Crippen LogP contribution in [0.15, 0.2) is 77.7 Å². The first kappa shape index (κ1) is 30.2. The van der Waals surface area contributed by atoms with E-state index in [-0.39, 0.29) is 37.0 Å². The monoisotopic (exact) mass is 583 g/mol. The molecular formula is C30H34FN3O6S. The second-order valence-electron chi connectivity index (χ2n) is 9.80. The Morgan fingerprint density at radius 2 is 1.59 bits per heavy atom. The minimum Gasteiger partial charge on any atom is -0.484 e. The van der Waals surface area contributed by atoms with Gasteiger partial charge in [0.2, 0.25) is 15.9 Å². The Balaban J connectivity index is 1.41. The number of carbonyl (C=O) groups excluding carboxylic acids is 2. The van der Waals surface area contributed by atoms with E-state index in [2.05, 4.69) is 5.32 Å². The Hall–Kier alpha value is -3.80. The first-order valence-corrected chi connectivity index (χ1v) is 14.8. The van der Waals surface area contributed by atoms with Crippen LogP contribution in [0.25, 0.3) is 0 Å². The number of sulfonamides is 1. The third-order valence-electron chi connectivity index (χ3n) is 6.81. The number of nitrogens with zero attached hydrogens (tertiary/aromatic N) is 2. The van der Waals surface area contributed by atoms with Crippen molar-refractivity contribution in [2.45, 2.75) is 37.9 Å².